The van der Waals surface area contributed by atoms with Crippen LogP contribution in [0.2, 0.25) is 0 Å². The first-order valence-corrected chi connectivity index (χ1v) is 6.23. The minimum absolute atomic E-state index is 0.202. The van der Waals surface area contributed by atoms with E-state index in [0.29, 0.717) is 24.6 Å². The van der Waals surface area contributed by atoms with Gasteiger partial charge < -0.3 is 15.4 Å². The highest BCUT2D eigenvalue weighted by Crippen LogP contribution is 2.33. The summed E-state index contributed by atoms with van der Waals surface area (Å²) < 4.78 is 5.05. The molecule has 4 unspecified atom stereocenters. The zero-order valence-electron chi connectivity index (χ0n) is 10.2. The highest BCUT2D eigenvalue weighted by atomic mass is 16.5. The molecule has 2 fully saturated rings. The van der Waals surface area contributed by atoms with Crippen molar-refractivity contribution in [2.75, 3.05) is 20.3 Å². The second-order valence-corrected chi connectivity index (χ2v) is 5.20. The van der Waals surface area contributed by atoms with Gasteiger partial charge in [0.05, 0.1) is 12.5 Å². The van der Waals surface area contributed by atoms with Crippen LogP contribution >= 0.6 is 0 Å². The fourth-order valence-corrected chi connectivity index (χ4v) is 2.86. The second-order valence-electron chi connectivity index (χ2n) is 5.20. The van der Waals surface area contributed by atoms with Gasteiger partial charge in [-0.2, -0.15) is 0 Å². The van der Waals surface area contributed by atoms with Gasteiger partial charge in [-0.25, -0.2) is 0 Å². The molecule has 4 atom stereocenters. The average Bonchev–Trinajstić information content (AvgIpc) is 2.88. The molecule has 16 heavy (non-hydrogen) atoms. The third-order valence-corrected chi connectivity index (χ3v) is 3.71. The zero-order valence-corrected chi connectivity index (χ0v) is 10.2. The van der Waals surface area contributed by atoms with Crippen molar-refractivity contribution in [1.82, 2.24) is 10.6 Å². The SMILES string of the molecule is COCC(C)CNC(=O)C1CC2CCC1N2. The predicted molar refractivity (Wildman–Crippen MR) is 62.1 cm³/mol. The third-order valence-electron chi connectivity index (χ3n) is 3.71. The van der Waals surface area contributed by atoms with E-state index in [4.69, 9.17) is 4.74 Å². The molecule has 2 aliphatic rings. The molecule has 2 aliphatic heterocycles. The number of hydrogen-bond donors (Lipinski definition) is 2. The fourth-order valence-electron chi connectivity index (χ4n) is 2.86. The van der Waals surface area contributed by atoms with Gasteiger partial charge in [0, 0.05) is 25.7 Å². The van der Waals surface area contributed by atoms with Gasteiger partial charge in [0.2, 0.25) is 5.91 Å². The Morgan fingerprint density at radius 1 is 1.56 bits per heavy atom. The van der Waals surface area contributed by atoms with E-state index in [0.717, 1.165) is 19.4 Å². The summed E-state index contributed by atoms with van der Waals surface area (Å²) in [7, 11) is 1.69. The molecule has 2 rings (SSSR count). The van der Waals surface area contributed by atoms with Gasteiger partial charge >= 0.3 is 0 Å². The minimum atomic E-state index is 0.202. The van der Waals surface area contributed by atoms with Crippen LogP contribution in [-0.2, 0) is 9.53 Å². The number of ether oxygens (including phenoxy) is 1. The number of fused-ring (bicyclic) bond motifs is 2. The molecule has 4 heteroatoms. The van der Waals surface area contributed by atoms with Crippen LogP contribution in [0.25, 0.3) is 0 Å². The largest absolute Gasteiger partial charge is 0.384 e. The molecular formula is C12H22N2O2. The van der Waals surface area contributed by atoms with Gasteiger partial charge in [-0.05, 0) is 25.2 Å². The Balaban J connectivity index is 1.72. The summed E-state index contributed by atoms with van der Waals surface area (Å²) in [6.07, 6.45) is 3.43. The highest BCUT2D eigenvalue weighted by Gasteiger charge is 2.42. The van der Waals surface area contributed by atoms with Crippen LogP contribution in [0.3, 0.4) is 0 Å². The summed E-state index contributed by atoms with van der Waals surface area (Å²) in [5, 5.41) is 6.52. The molecule has 0 saturated carbocycles. The quantitative estimate of drug-likeness (QED) is 0.719. The summed E-state index contributed by atoms with van der Waals surface area (Å²) in [5.74, 6) is 0.816. The molecule has 0 radical (unpaired) electrons. The van der Waals surface area contributed by atoms with Crippen molar-refractivity contribution >= 4 is 5.91 Å². The van der Waals surface area contributed by atoms with Crippen LogP contribution in [0.5, 0.6) is 0 Å². The zero-order chi connectivity index (χ0) is 11.5. The lowest BCUT2D eigenvalue weighted by Gasteiger charge is -2.20. The lowest BCUT2D eigenvalue weighted by atomic mass is 9.88. The lowest BCUT2D eigenvalue weighted by Crippen LogP contribution is -2.39. The number of amides is 1. The van der Waals surface area contributed by atoms with Gasteiger partial charge in [-0.15, -0.1) is 0 Å². The molecule has 92 valence electrons. The topological polar surface area (TPSA) is 50.4 Å². The van der Waals surface area contributed by atoms with Crippen molar-refractivity contribution in [1.29, 1.82) is 0 Å². The second kappa shape index (κ2) is 5.15. The highest BCUT2D eigenvalue weighted by molar-refractivity contribution is 5.80. The van der Waals surface area contributed by atoms with Gasteiger partial charge in [0.1, 0.15) is 0 Å². The maximum atomic E-state index is 12.0. The van der Waals surface area contributed by atoms with E-state index in [1.54, 1.807) is 7.11 Å². The van der Waals surface area contributed by atoms with Crippen molar-refractivity contribution in [3.63, 3.8) is 0 Å². The standard InChI is InChI=1S/C12H22N2O2/c1-8(7-16-2)6-13-12(15)10-5-9-3-4-11(10)14-9/h8-11,14H,3-7H2,1-2H3,(H,13,15). The van der Waals surface area contributed by atoms with E-state index in [2.05, 4.69) is 17.6 Å². The number of carbonyl (C=O) groups is 1. The van der Waals surface area contributed by atoms with E-state index in [1.165, 1.54) is 6.42 Å². The van der Waals surface area contributed by atoms with Crippen molar-refractivity contribution in [3.05, 3.63) is 0 Å². The number of rotatable bonds is 5. The van der Waals surface area contributed by atoms with Gasteiger partial charge in [0.25, 0.3) is 0 Å². The minimum Gasteiger partial charge on any atom is -0.384 e. The molecule has 0 aliphatic carbocycles. The van der Waals surface area contributed by atoms with E-state index < -0.39 is 0 Å². The van der Waals surface area contributed by atoms with E-state index in [-0.39, 0.29) is 11.8 Å². The first-order valence-electron chi connectivity index (χ1n) is 6.23. The van der Waals surface area contributed by atoms with Crippen molar-refractivity contribution in [3.8, 4) is 0 Å². The van der Waals surface area contributed by atoms with Gasteiger partial charge in [-0.3, -0.25) is 4.79 Å². The summed E-state index contributed by atoms with van der Waals surface area (Å²) in [6, 6.07) is 1.03. The molecule has 0 aromatic carbocycles. The molecule has 2 N–H and O–H groups in total. The average molecular weight is 226 g/mol. The summed E-state index contributed by atoms with van der Waals surface area (Å²) in [4.78, 5) is 12.0. The Hall–Kier alpha value is -0.610. The fraction of sp³-hybridized carbons (Fsp3) is 0.917. The molecule has 0 aromatic rings. The lowest BCUT2D eigenvalue weighted by molar-refractivity contribution is -0.125. The summed E-state index contributed by atoms with van der Waals surface area (Å²) >= 11 is 0. The summed E-state index contributed by atoms with van der Waals surface area (Å²) in [6.45, 7) is 3.51. The number of nitrogens with one attached hydrogen (secondary N) is 2. The van der Waals surface area contributed by atoms with E-state index in [9.17, 15) is 4.79 Å². The number of carbonyl (C=O) groups excluding carboxylic acids is 1. The molecule has 2 saturated heterocycles. The predicted octanol–water partition coefficient (Wildman–Crippen LogP) is 0.526. The third kappa shape index (κ3) is 2.55. The van der Waals surface area contributed by atoms with Crippen LogP contribution in [0.4, 0.5) is 0 Å². The van der Waals surface area contributed by atoms with Crippen LogP contribution in [-0.4, -0.2) is 38.3 Å². The van der Waals surface area contributed by atoms with Crippen LogP contribution < -0.4 is 10.6 Å². The molecule has 2 heterocycles. The Bertz CT molecular complexity index is 257. The Labute approximate surface area is 97.1 Å². The number of methoxy groups -OCH3 is 1. The number of hydrogen-bond acceptors (Lipinski definition) is 3. The molecule has 4 nitrogen and oxygen atoms in total. The van der Waals surface area contributed by atoms with Gasteiger partial charge in [-0.1, -0.05) is 6.92 Å². The van der Waals surface area contributed by atoms with Crippen molar-refractivity contribution < 1.29 is 9.53 Å². The molecule has 0 aromatic heterocycles. The molecular weight excluding hydrogens is 204 g/mol. The monoisotopic (exact) mass is 226 g/mol. The Kier molecular flexibility index (Phi) is 3.82. The first kappa shape index (κ1) is 11.9. The normalized spacial score (nSPS) is 34.0. The molecule has 2 bridgehead atoms. The van der Waals surface area contributed by atoms with Crippen LogP contribution in [0, 0.1) is 11.8 Å². The Morgan fingerprint density at radius 2 is 2.38 bits per heavy atom. The van der Waals surface area contributed by atoms with E-state index in [1.807, 2.05) is 0 Å². The smallest absolute Gasteiger partial charge is 0.224 e. The van der Waals surface area contributed by atoms with E-state index >= 15 is 0 Å². The van der Waals surface area contributed by atoms with Crippen molar-refractivity contribution in [2.24, 2.45) is 11.8 Å². The van der Waals surface area contributed by atoms with Crippen molar-refractivity contribution in [2.45, 2.75) is 38.3 Å². The van der Waals surface area contributed by atoms with Crippen LogP contribution in [0.1, 0.15) is 26.2 Å². The Morgan fingerprint density at radius 3 is 2.94 bits per heavy atom. The maximum absolute atomic E-state index is 12.0. The molecule has 0 spiro atoms. The first-order chi connectivity index (χ1) is 7.70. The maximum Gasteiger partial charge on any atom is 0.224 e. The van der Waals surface area contributed by atoms with Gasteiger partial charge in [0.15, 0.2) is 0 Å². The summed E-state index contributed by atoms with van der Waals surface area (Å²) in [5.41, 5.74) is 0. The van der Waals surface area contributed by atoms with Crippen LogP contribution in [0.15, 0.2) is 0 Å². The molecule has 1 amide bonds.